The van der Waals surface area contributed by atoms with Gasteiger partial charge in [0.05, 0.1) is 6.61 Å². The minimum atomic E-state index is 0.572. The van der Waals surface area contributed by atoms with E-state index in [1.54, 1.807) is 0 Å². The first-order valence-electron chi connectivity index (χ1n) is 7.46. The molecule has 0 aromatic heterocycles. The molecule has 108 valence electrons. The lowest BCUT2D eigenvalue weighted by Crippen LogP contribution is -2.07. The van der Waals surface area contributed by atoms with Crippen molar-refractivity contribution >= 4 is 0 Å². The average molecular weight is 263 g/mol. The Labute approximate surface area is 118 Å². The molecule has 1 aromatic rings. The Morgan fingerprint density at radius 3 is 2.47 bits per heavy atom. The average Bonchev–Trinajstić information content (AvgIpc) is 2.39. The second-order valence-electron chi connectivity index (χ2n) is 5.54. The van der Waals surface area contributed by atoms with Crippen LogP contribution in [-0.2, 0) is 0 Å². The molecule has 0 saturated carbocycles. The Hall–Kier alpha value is -1.02. The summed E-state index contributed by atoms with van der Waals surface area (Å²) >= 11 is 0. The largest absolute Gasteiger partial charge is 0.493 e. The van der Waals surface area contributed by atoms with Crippen molar-refractivity contribution in [3.05, 3.63) is 28.3 Å². The molecule has 1 aromatic carbocycles. The van der Waals surface area contributed by atoms with Crippen molar-refractivity contribution in [2.24, 2.45) is 5.73 Å². The van der Waals surface area contributed by atoms with Crippen LogP contribution in [-0.4, -0.2) is 13.2 Å². The molecule has 2 nitrogen and oxygen atoms in total. The van der Waals surface area contributed by atoms with Gasteiger partial charge in [-0.05, 0) is 80.8 Å². The molecule has 0 radical (unpaired) electrons. The maximum atomic E-state index is 5.84. The summed E-state index contributed by atoms with van der Waals surface area (Å²) in [5.41, 5.74) is 11.1. The Kier molecular flexibility index (Phi) is 6.36. The van der Waals surface area contributed by atoms with Crippen molar-refractivity contribution in [3.63, 3.8) is 0 Å². The van der Waals surface area contributed by atoms with Gasteiger partial charge in [0.15, 0.2) is 0 Å². The molecule has 2 heteroatoms. The minimum absolute atomic E-state index is 0.572. The lowest BCUT2D eigenvalue weighted by Gasteiger charge is -2.21. The van der Waals surface area contributed by atoms with E-state index in [0.29, 0.717) is 5.92 Å². The van der Waals surface area contributed by atoms with Gasteiger partial charge in [0.25, 0.3) is 0 Å². The molecule has 0 aliphatic rings. The van der Waals surface area contributed by atoms with Gasteiger partial charge >= 0.3 is 0 Å². The van der Waals surface area contributed by atoms with Crippen LogP contribution < -0.4 is 10.5 Å². The zero-order chi connectivity index (χ0) is 14.4. The molecule has 0 spiro atoms. The zero-order valence-corrected chi connectivity index (χ0v) is 13.2. The highest BCUT2D eigenvalue weighted by molar-refractivity contribution is 5.49. The fraction of sp³-hybridized carbons (Fsp3) is 0.647. The van der Waals surface area contributed by atoms with Crippen LogP contribution >= 0.6 is 0 Å². The first kappa shape index (κ1) is 16.0. The van der Waals surface area contributed by atoms with Crippen molar-refractivity contribution in [3.8, 4) is 5.75 Å². The summed E-state index contributed by atoms with van der Waals surface area (Å²) in [6.07, 6.45) is 3.30. The lowest BCUT2D eigenvalue weighted by molar-refractivity contribution is 0.314. The number of ether oxygens (including phenoxy) is 1. The van der Waals surface area contributed by atoms with Crippen molar-refractivity contribution < 1.29 is 4.74 Å². The van der Waals surface area contributed by atoms with E-state index in [1.165, 1.54) is 22.3 Å². The fourth-order valence-electron chi connectivity index (χ4n) is 2.75. The molecule has 0 bridgehead atoms. The Morgan fingerprint density at radius 1 is 1.21 bits per heavy atom. The summed E-state index contributed by atoms with van der Waals surface area (Å²) in [6.45, 7) is 12.6. The number of nitrogens with two attached hydrogens (primary N) is 1. The van der Waals surface area contributed by atoms with Gasteiger partial charge in [-0.2, -0.15) is 0 Å². The minimum Gasteiger partial charge on any atom is -0.493 e. The van der Waals surface area contributed by atoms with Crippen molar-refractivity contribution in [1.82, 2.24) is 0 Å². The molecule has 1 unspecified atom stereocenters. The highest BCUT2D eigenvalue weighted by atomic mass is 16.5. The molecule has 0 amide bonds. The number of benzene rings is 1. The quantitative estimate of drug-likeness (QED) is 0.798. The molecule has 2 N–H and O–H groups in total. The highest BCUT2D eigenvalue weighted by Crippen LogP contribution is 2.34. The maximum absolute atomic E-state index is 5.84. The highest BCUT2D eigenvalue weighted by Gasteiger charge is 2.16. The maximum Gasteiger partial charge on any atom is 0.122 e. The van der Waals surface area contributed by atoms with Crippen molar-refractivity contribution in [2.45, 2.75) is 59.8 Å². The molecular weight excluding hydrogens is 234 g/mol. The molecule has 1 rings (SSSR count). The van der Waals surface area contributed by atoms with Crippen molar-refractivity contribution in [2.75, 3.05) is 13.2 Å². The third-order valence-corrected chi connectivity index (χ3v) is 3.90. The van der Waals surface area contributed by atoms with Crippen LogP contribution in [0.25, 0.3) is 0 Å². The smallest absolute Gasteiger partial charge is 0.122 e. The second-order valence-corrected chi connectivity index (χ2v) is 5.54. The summed E-state index contributed by atoms with van der Waals surface area (Å²) in [7, 11) is 0. The summed E-state index contributed by atoms with van der Waals surface area (Å²) in [6, 6.07) is 2.20. The van der Waals surface area contributed by atoms with E-state index in [-0.39, 0.29) is 0 Å². The van der Waals surface area contributed by atoms with E-state index in [1.807, 2.05) is 0 Å². The third-order valence-electron chi connectivity index (χ3n) is 3.90. The van der Waals surface area contributed by atoms with Gasteiger partial charge in [-0.15, -0.1) is 0 Å². The van der Waals surface area contributed by atoms with Crippen LogP contribution in [0.1, 0.15) is 61.3 Å². The standard InChI is InChI=1S/C17H29NO/c1-6-10-19-16-11-13(3)17(15(5)14(16)4)12(2)8-7-9-18/h11-12H,6-10,18H2,1-5H3. The van der Waals surface area contributed by atoms with Gasteiger partial charge in [-0.3, -0.25) is 0 Å². The lowest BCUT2D eigenvalue weighted by atomic mass is 9.86. The van der Waals surface area contributed by atoms with Crippen LogP contribution in [0, 0.1) is 20.8 Å². The molecule has 19 heavy (non-hydrogen) atoms. The SMILES string of the molecule is CCCOc1cc(C)c(C(C)CCCN)c(C)c1C. The fourth-order valence-corrected chi connectivity index (χ4v) is 2.75. The summed E-state index contributed by atoms with van der Waals surface area (Å²) in [5.74, 6) is 1.62. The van der Waals surface area contributed by atoms with Crippen molar-refractivity contribution in [1.29, 1.82) is 0 Å². The Balaban J connectivity index is 3.03. The number of rotatable bonds is 7. The van der Waals surface area contributed by atoms with E-state index in [4.69, 9.17) is 10.5 Å². The zero-order valence-electron chi connectivity index (χ0n) is 13.2. The first-order valence-corrected chi connectivity index (χ1v) is 7.46. The first-order chi connectivity index (χ1) is 9.02. The van der Waals surface area contributed by atoms with Crippen LogP contribution in [0.3, 0.4) is 0 Å². The Morgan fingerprint density at radius 2 is 1.89 bits per heavy atom. The van der Waals surface area contributed by atoms with E-state index in [0.717, 1.165) is 38.2 Å². The molecule has 0 fully saturated rings. The summed E-state index contributed by atoms with van der Waals surface area (Å²) in [4.78, 5) is 0. The summed E-state index contributed by atoms with van der Waals surface area (Å²) < 4.78 is 5.84. The molecule has 0 aliphatic carbocycles. The van der Waals surface area contributed by atoms with Gasteiger partial charge in [0.1, 0.15) is 5.75 Å². The molecule has 1 atom stereocenters. The van der Waals surface area contributed by atoms with Crippen LogP contribution in [0.4, 0.5) is 0 Å². The van der Waals surface area contributed by atoms with E-state index in [2.05, 4.69) is 40.7 Å². The van der Waals surface area contributed by atoms with Gasteiger partial charge in [-0.1, -0.05) is 13.8 Å². The molecule has 0 saturated heterocycles. The van der Waals surface area contributed by atoms with Gasteiger partial charge in [-0.25, -0.2) is 0 Å². The monoisotopic (exact) mass is 263 g/mol. The Bertz CT molecular complexity index is 412. The predicted molar refractivity (Wildman–Crippen MR) is 83.1 cm³/mol. The normalized spacial score (nSPS) is 12.5. The topological polar surface area (TPSA) is 35.2 Å². The molecular formula is C17H29NO. The predicted octanol–water partition coefficient (Wildman–Crippen LogP) is 4.24. The number of hydrogen-bond acceptors (Lipinski definition) is 2. The number of hydrogen-bond donors (Lipinski definition) is 1. The van der Waals surface area contributed by atoms with E-state index < -0.39 is 0 Å². The summed E-state index contributed by atoms with van der Waals surface area (Å²) in [5, 5.41) is 0. The van der Waals surface area contributed by atoms with E-state index >= 15 is 0 Å². The third kappa shape index (κ3) is 3.97. The van der Waals surface area contributed by atoms with Gasteiger partial charge < -0.3 is 10.5 Å². The van der Waals surface area contributed by atoms with Gasteiger partial charge in [0, 0.05) is 0 Å². The number of aryl methyl sites for hydroxylation is 1. The van der Waals surface area contributed by atoms with Crippen LogP contribution in [0.15, 0.2) is 6.07 Å². The van der Waals surface area contributed by atoms with Crippen LogP contribution in [0.5, 0.6) is 5.75 Å². The van der Waals surface area contributed by atoms with Crippen LogP contribution in [0.2, 0.25) is 0 Å². The molecule has 0 aliphatic heterocycles. The molecule has 0 heterocycles. The second kappa shape index (κ2) is 7.54. The van der Waals surface area contributed by atoms with Gasteiger partial charge in [0.2, 0.25) is 0 Å². The van der Waals surface area contributed by atoms with E-state index in [9.17, 15) is 0 Å².